The number of halogens is 2. The molecule has 0 spiro atoms. The van der Waals surface area contributed by atoms with E-state index in [0.717, 1.165) is 6.20 Å². The summed E-state index contributed by atoms with van der Waals surface area (Å²) in [6, 6.07) is 6.02. The van der Waals surface area contributed by atoms with Crippen LogP contribution in [0.1, 0.15) is 54.9 Å². The van der Waals surface area contributed by atoms with Crippen LogP contribution in [0.15, 0.2) is 30.5 Å². The zero-order valence-corrected chi connectivity index (χ0v) is 15.9. The molecule has 152 valence electrons. The van der Waals surface area contributed by atoms with Crippen molar-refractivity contribution in [3.05, 3.63) is 47.3 Å². The van der Waals surface area contributed by atoms with Gasteiger partial charge in [-0.25, -0.2) is 13.6 Å². The maximum absolute atomic E-state index is 13.5. The van der Waals surface area contributed by atoms with Crippen LogP contribution in [0.4, 0.5) is 8.78 Å². The van der Waals surface area contributed by atoms with Crippen molar-refractivity contribution in [2.75, 3.05) is 6.61 Å². The number of aliphatic carboxylic acids is 1. The van der Waals surface area contributed by atoms with Crippen molar-refractivity contribution in [1.82, 2.24) is 15.1 Å². The smallest absolute Gasteiger partial charge is 0.341 e. The fourth-order valence-electron chi connectivity index (χ4n) is 2.65. The van der Waals surface area contributed by atoms with Crippen molar-refractivity contribution in [3.8, 4) is 5.75 Å². The van der Waals surface area contributed by atoms with Crippen molar-refractivity contribution in [2.24, 2.45) is 5.92 Å². The van der Waals surface area contributed by atoms with Crippen molar-refractivity contribution in [1.29, 1.82) is 0 Å². The van der Waals surface area contributed by atoms with E-state index in [9.17, 15) is 18.4 Å². The number of amides is 1. The number of carbonyl (C=O) groups excluding carboxylic acids is 1. The second-order valence-electron chi connectivity index (χ2n) is 6.77. The first-order valence-electron chi connectivity index (χ1n) is 8.78. The molecule has 2 rings (SSSR count). The number of carboxylic acid groups (broad SMARTS) is 1. The van der Waals surface area contributed by atoms with Crippen molar-refractivity contribution >= 4 is 11.9 Å². The Bertz CT molecular complexity index is 819. The first-order chi connectivity index (χ1) is 13.2. The van der Waals surface area contributed by atoms with E-state index in [2.05, 4.69) is 10.4 Å². The van der Waals surface area contributed by atoms with Crippen LogP contribution in [-0.4, -0.2) is 33.4 Å². The van der Waals surface area contributed by atoms with Crippen LogP contribution in [0.3, 0.4) is 0 Å². The first kappa shape index (κ1) is 21.3. The molecule has 1 atom stereocenters. The van der Waals surface area contributed by atoms with Crippen molar-refractivity contribution in [3.63, 3.8) is 0 Å². The van der Waals surface area contributed by atoms with E-state index in [4.69, 9.17) is 9.84 Å². The van der Waals surface area contributed by atoms with E-state index in [1.807, 2.05) is 13.8 Å². The van der Waals surface area contributed by atoms with E-state index in [1.165, 1.54) is 4.68 Å². The number of ether oxygens (including phenoxy) is 1. The average molecular weight is 395 g/mol. The topological polar surface area (TPSA) is 93.5 Å². The number of nitrogens with one attached hydrogen (secondary N) is 1. The van der Waals surface area contributed by atoms with E-state index in [0.29, 0.717) is 17.9 Å². The van der Waals surface area contributed by atoms with Crippen LogP contribution in [0.2, 0.25) is 0 Å². The molecule has 7 nitrogen and oxygen atoms in total. The Morgan fingerprint density at radius 1 is 1.21 bits per heavy atom. The Balaban J connectivity index is 2.10. The largest absolute Gasteiger partial charge is 0.482 e. The Hall–Kier alpha value is -2.97. The molecule has 0 saturated carbocycles. The van der Waals surface area contributed by atoms with Crippen LogP contribution in [-0.2, 0) is 11.3 Å². The second kappa shape index (κ2) is 9.29. The number of benzene rings is 1. The first-order valence-corrected chi connectivity index (χ1v) is 8.78. The summed E-state index contributed by atoms with van der Waals surface area (Å²) in [5.41, 5.74) is 0.170. The van der Waals surface area contributed by atoms with Gasteiger partial charge in [-0.05, 0) is 30.5 Å². The van der Waals surface area contributed by atoms with Gasteiger partial charge in [0.1, 0.15) is 11.4 Å². The van der Waals surface area contributed by atoms with Gasteiger partial charge in [0.25, 0.3) is 12.3 Å². The highest BCUT2D eigenvalue weighted by Gasteiger charge is 2.25. The summed E-state index contributed by atoms with van der Waals surface area (Å²) in [5, 5.41) is 15.2. The minimum atomic E-state index is -2.82. The molecule has 0 aliphatic rings. The van der Waals surface area contributed by atoms with E-state index >= 15 is 0 Å². The molecule has 9 heteroatoms. The molecule has 1 aromatic carbocycles. The van der Waals surface area contributed by atoms with E-state index in [1.54, 1.807) is 31.2 Å². The van der Waals surface area contributed by atoms with E-state index < -0.39 is 36.6 Å². The highest BCUT2D eigenvalue weighted by atomic mass is 19.3. The SMILES string of the molecule is CC(C)Cn1ncc(C(=O)NC(C)c2ccc(OCC(=O)O)cc2)c1C(F)F. The van der Waals surface area contributed by atoms with Crippen molar-refractivity contribution < 1.29 is 28.2 Å². The zero-order valence-electron chi connectivity index (χ0n) is 15.9. The molecule has 0 fully saturated rings. The lowest BCUT2D eigenvalue weighted by Crippen LogP contribution is -2.27. The number of nitrogens with zero attached hydrogens (tertiary/aromatic N) is 2. The van der Waals surface area contributed by atoms with Crippen LogP contribution in [0.5, 0.6) is 5.75 Å². The number of carbonyl (C=O) groups is 2. The fourth-order valence-corrected chi connectivity index (χ4v) is 2.65. The number of aromatic nitrogens is 2. The van der Waals surface area contributed by atoms with Gasteiger partial charge in [0.2, 0.25) is 0 Å². The van der Waals surface area contributed by atoms with Gasteiger partial charge in [-0.3, -0.25) is 9.48 Å². The van der Waals surface area contributed by atoms with Crippen LogP contribution in [0, 0.1) is 5.92 Å². The quantitative estimate of drug-likeness (QED) is 0.679. The van der Waals surface area contributed by atoms with Crippen LogP contribution in [0.25, 0.3) is 0 Å². The number of rotatable bonds is 9. The standard InChI is InChI=1S/C19H23F2N3O4/c1-11(2)9-24-17(18(20)21)15(8-22-24)19(27)23-12(3)13-4-6-14(7-5-13)28-10-16(25)26/h4-8,11-12,18H,9-10H2,1-3H3,(H,23,27)(H,25,26). The van der Waals surface area contributed by atoms with Gasteiger partial charge in [0, 0.05) is 6.54 Å². The van der Waals surface area contributed by atoms with Crippen LogP contribution >= 0.6 is 0 Å². The summed E-state index contributed by atoms with van der Waals surface area (Å²) in [6.07, 6.45) is -1.66. The average Bonchev–Trinajstić information content (AvgIpc) is 3.03. The molecule has 0 radical (unpaired) electrons. The highest BCUT2D eigenvalue weighted by Crippen LogP contribution is 2.25. The molecule has 1 unspecified atom stereocenters. The summed E-state index contributed by atoms with van der Waals surface area (Å²) in [7, 11) is 0. The molecule has 1 heterocycles. The number of hydrogen-bond donors (Lipinski definition) is 2. The molecule has 28 heavy (non-hydrogen) atoms. The second-order valence-corrected chi connectivity index (χ2v) is 6.77. The monoisotopic (exact) mass is 395 g/mol. The molecule has 2 N–H and O–H groups in total. The third-order valence-electron chi connectivity index (χ3n) is 3.96. The molecule has 0 aliphatic carbocycles. The number of hydrogen-bond acceptors (Lipinski definition) is 4. The molecular formula is C19H23F2N3O4. The van der Waals surface area contributed by atoms with Gasteiger partial charge in [-0.1, -0.05) is 26.0 Å². The lowest BCUT2D eigenvalue weighted by atomic mass is 10.1. The Kier molecular flexibility index (Phi) is 7.08. The Morgan fingerprint density at radius 3 is 2.39 bits per heavy atom. The maximum atomic E-state index is 13.5. The minimum absolute atomic E-state index is 0.106. The van der Waals surface area contributed by atoms with Gasteiger partial charge < -0.3 is 15.2 Å². The Labute approximate surface area is 161 Å². The van der Waals surface area contributed by atoms with Gasteiger partial charge in [-0.15, -0.1) is 0 Å². The van der Waals surface area contributed by atoms with Gasteiger partial charge in [-0.2, -0.15) is 5.10 Å². The molecule has 1 amide bonds. The Morgan fingerprint density at radius 2 is 1.86 bits per heavy atom. The zero-order chi connectivity index (χ0) is 20.8. The fraction of sp³-hybridized carbons (Fsp3) is 0.421. The van der Waals surface area contributed by atoms with Crippen LogP contribution < -0.4 is 10.1 Å². The lowest BCUT2D eigenvalue weighted by molar-refractivity contribution is -0.139. The minimum Gasteiger partial charge on any atom is -0.482 e. The number of carboxylic acids is 1. The summed E-state index contributed by atoms with van der Waals surface area (Å²) in [4.78, 5) is 23.0. The molecule has 0 bridgehead atoms. The molecule has 0 saturated heterocycles. The summed E-state index contributed by atoms with van der Waals surface area (Å²) in [6.45, 7) is 5.31. The van der Waals surface area contributed by atoms with Gasteiger partial charge in [0.15, 0.2) is 6.61 Å². The third kappa shape index (κ3) is 5.51. The molecule has 0 aliphatic heterocycles. The third-order valence-corrected chi connectivity index (χ3v) is 3.96. The number of alkyl halides is 2. The van der Waals surface area contributed by atoms with Gasteiger partial charge in [0.05, 0.1) is 17.8 Å². The molecular weight excluding hydrogens is 372 g/mol. The normalized spacial score (nSPS) is 12.2. The van der Waals surface area contributed by atoms with E-state index in [-0.39, 0.29) is 11.5 Å². The predicted molar refractivity (Wildman–Crippen MR) is 97.5 cm³/mol. The maximum Gasteiger partial charge on any atom is 0.341 e. The molecule has 1 aromatic heterocycles. The summed E-state index contributed by atoms with van der Waals surface area (Å²) >= 11 is 0. The summed E-state index contributed by atoms with van der Waals surface area (Å²) in [5.74, 6) is -1.24. The summed E-state index contributed by atoms with van der Waals surface area (Å²) < 4.78 is 33.2. The molecule has 2 aromatic rings. The highest BCUT2D eigenvalue weighted by molar-refractivity contribution is 5.95. The lowest BCUT2D eigenvalue weighted by Gasteiger charge is -2.16. The predicted octanol–water partition coefficient (Wildman–Crippen LogP) is 3.43. The van der Waals surface area contributed by atoms with Gasteiger partial charge >= 0.3 is 5.97 Å². The van der Waals surface area contributed by atoms with Crippen molar-refractivity contribution in [2.45, 2.75) is 39.8 Å².